The molecule has 0 amide bonds. The van der Waals surface area contributed by atoms with Crippen LogP contribution in [-0.2, 0) is 28.6 Å². The molecule has 66 heavy (non-hydrogen) atoms. The minimum absolute atomic E-state index is 0.119. The second-order valence-electron chi connectivity index (χ2n) is 17.1. The highest BCUT2D eigenvalue weighted by Crippen LogP contribution is 2.14. The van der Waals surface area contributed by atoms with Gasteiger partial charge in [0.2, 0.25) is 0 Å². The molecule has 0 saturated carbocycles. The molecular formula is C60H96O6. The molecular weight excluding hydrogens is 817 g/mol. The lowest BCUT2D eigenvalue weighted by Gasteiger charge is -2.18. The molecule has 0 saturated heterocycles. The Morgan fingerprint density at radius 2 is 0.697 bits per heavy atom. The summed E-state index contributed by atoms with van der Waals surface area (Å²) in [5, 5.41) is 0. The summed E-state index contributed by atoms with van der Waals surface area (Å²) < 4.78 is 16.7. The first-order valence-corrected chi connectivity index (χ1v) is 26.6. The van der Waals surface area contributed by atoms with Crippen LogP contribution in [0.15, 0.2) is 122 Å². The third kappa shape index (κ3) is 50.8. The lowest BCUT2D eigenvalue weighted by atomic mass is 10.1. The van der Waals surface area contributed by atoms with Gasteiger partial charge < -0.3 is 14.2 Å². The molecule has 0 rings (SSSR count). The first-order chi connectivity index (χ1) is 32.5. The van der Waals surface area contributed by atoms with Crippen LogP contribution in [0.3, 0.4) is 0 Å². The van der Waals surface area contributed by atoms with Crippen LogP contribution in [0, 0.1) is 0 Å². The summed E-state index contributed by atoms with van der Waals surface area (Å²) in [5.41, 5.74) is 0. The fraction of sp³-hybridized carbons (Fsp3) is 0.617. The van der Waals surface area contributed by atoms with Crippen LogP contribution in [0.4, 0.5) is 0 Å². The van der Waals surface area contributed by atoms with Crippen LogP contribution in [0.25, 0.3) is 0 Å². The number of esters is 3. The molecule has 0 aliphatic carbocycles. The predicted molar refractivity (Wildman–Crippen MR) is 283 cm³/mol. The van der Waals surface area contributed by atoms with Gasteiger partial charge in [0.05, 0.1) is 0 Å². The molecule has 0 aromatic heterocycles. The van der Waals surface area contributed by atoms with Crippen molar-refractivity contribution in [3.63, 3.8) is 0 Å². The van der Waals surface area contributed by atoms with Crippen molar-refractivity contribution in [3.8, 4) is 0 Å². The third-order valence-corrected chi connectivity index (χ3v) is 10.8. The topological polar surface area (TPSA) is 78.9 Å². The van der Waals surface area contributed by atoms with E-state index in [0.717, 1.165) is 96.3 Å². The van der Waals surface area contributed by atoms with Crippen LogP contribution in [0.1, 0.15) is 220 Å². The summed E-state index contributed by atoms with van der Waals surface area (Å²) in [6, 6.07) is 0. The van der Waals surface area contributed by atoms with Crippen LogP contribution < -0.4 is 0 Å². The number of unbranched alkanes of at least 4 members (excludes halogenated alkanes) is 18. The van der Waals surface area contributed by atoms with Gasteiger partial charge in [-0.15, -0.1) is 0 Å². The van der Waals surface area contributed by atoms with E-state index < -0.39 is 12.1 Å². The summed E-state index contributed by atoms with van der Waals surface area (Å²) in [4.78, 5) is 38.0. The Kier molecular flexibility index (Phi) is 50.0. The largest absolute Gasteiger partial charge is 0.462 e. The Labute approximate surface area is 405 Å². The van der Waals surface area contributed by atoms with Gasteiger partial charge >= 0.3 is 17.9 Å². The van der Waals surface area contributed by atoms with E-state index in [-0.39, 0.29) is 31.6 Å². The van der Waals surface area contributed by atoms with Crippen molar-refractivity contribution in [3.05, 3.63) is 122 Å². The van der Waals surface area contributed by atoms with Crippen molar-refractivity contribution in [2.75, 3.05) is 13.2 Å². The predicted octanol–water partition coefficient (Wildman–Crippen LogP) is 17.7. The zero-order valence-electron chi connectivity index (χ0n) is 42.4. The molecule has 0 bridgehead atoms. The summed E-state index contributed by atoms with van der Waals surface area (Å²) in [6.07, 6.45) is 73.4. The minimum Gasteiger partial charge on any atom is -0.462 e. The molecule has 372 valence electrons. The maximum Gasteiger partial charge on any atom is 0.306 e. The van der Waals surface area contributed by atoms with Crippen molar-refractivity contribution < 1.29 is 28.6 Å². The molecule has 0 fully saturated rings. The first-order valence-electron chi connectivity index (χ1n) is 26.6. The normalized spacial score (nSPS) is 13.1. The number of carbonyl (C=O) groups is 3. The molecule has 0 heterocycles. The Hall–Kier alpha value is -4.19. The average Bonchev–Trinajstić information content (AvgIpc) is 3.31. The molecule has 1 unspecified atom stereocenters. The monoisotopic (exact) mass is 913 g/mol. The molecule has 6 nitrogen and oxygen atoms in total. The molecule has 0 aromatic carbocycles. The maximum absolute atomic E-state index is 12.8. The van der Waals surface area contributed by atoms with Gasteiger partial charge in [0.1, 0.15) is 13.2 Å². The molecule has 1 atom stereocenters. The second-order valence-corrected chi connectivity index (χ2v) is 17.1. The lowest BCUT2D eigenvalue weighted by molar-refractivity contribution is -0.166. The minimum atomic E-state index is -0.831. The zero-order valence-corrected chi connectivity index (χ0v) is 42.4. The summed E-state index contributed by atoms with van der Waals surface area (Å²) in [7, 11) is 0. The molecule has 0 N–H and O–H groups in total. The Balaban J connectivity index is 4.51. The van der Waals surface area contributed by atoms with Crippen LogP contribution in [0.2, 0.25) is 0 Å². The number of ether oxygens (including phenoxy) is 3. The zero-order chi connectivity index (χ0) is 47.9. The number of hydrogen-bond donors (Lipinski definition) is 0. The highest BCUT2D eigenvalue weighted by molar-refractivity contribution is 5.71. The fourth-order valence-electron chi connectivity index (χ4n) is 6.83. The molecule has 0 spiro atoms. The van der Waals surface area contributed by atoms with E-state index in [9.17, 15) is 14.4 Å². The van der Waals surface area contributed by atoms with Crippen LogP contribution in [-0.4, -0.2) is 37.2 Å². The standard InChI is InChI=1S/C60H96O6/c1-4-7-10-13-16-19-22-25-27-29-30-31-33-35-38-41-44-47-50-53-59(62)65-56-57(55-64-58(61)52-49-46-43-40-37-34-24-21-18-15-12-9-6-3)66-60(63)54-51-48-45-42-39-36-32-28-26-23-20-17-14-11-8-5-2/h8-9,11-12,15-22,24-26,28,36,39,45,48,57H,4-7,10,13-14,23,27,29-35,37-38,40-44,46-47,49-56H2,1-3H3/b11-8+,12-9+,18-15+,19-16+,20-17+,24-21+,25-22+,28-26+,39-36+,48-45+. The lowest BCUT2D eigenvalue weighted by Crippen LogP contribution is -2.30. The Bertz CT molecular complexity index is 1420. The number of rotatable bonds is 46. The molecule has 0 aliphatic heterocycles. The van der Waals surface area contributed by atoms with Crippen molar-refractivity contribution in [1.29, 1.82) is 0 Å². The fourth-order valence-corrected chi connectivity index (χ4v) is 6.83. The summed E-state index contributed by atoms with van der Waals surface area (Å²) >= 11 is 0. The smallest absolute Gasteiger partial charge is 0.306 e. The Morgan fingerprint density at radius 1 is 0.333 bits per heavy atom. The van der Waals surface area contributed by atoms with Crippen molar-refractivity contribution in [2.24, 2.45) is 0 Å². The van der Waals surface area contributed by atoms with E-state index >= 15 is 0 Å². The van der Waals surface area contributed by atoms with Gasteiger partial charge in [0.25, 0.3) is 0 Å². The van der Waals surface area contributed by atoms with E-state index in [1.54, 1.807) is 0 Å². The average molecular weight is 913 g/mol. The molecule has 0 aromatic rings. The quantitative estimate of drug-likeness (QED) is 0.0199. The van der Waals surface area contributed by atoms with E-state index in [0.29, 0.717) is 19.3 Å². The van der Waals surface area contributed by atoms with Crippen molar-refractivity contribution in [2.45, 2.75) is 226 Å². The number of hydrogen-bond acceptors (Lipinski definition) is 6. The van der Waals surface area contributed by atoms with E-state index in [1.165, 1.54) is 77.0 Å². The SMILES string of the molecule is CC/C=C/C=C/C=C/CCCCCCCC(=O)OCC(COC(=O)CCCCCCCCCCCC/C=C/C=C/CCCCC)OC(=O)CC/C=C/C/C=C/C/C=C/C/C=C/C/C=C/CC. The Morgan fingerprint density at radius 3 is 1.14 bits per heavy atom. The highest BCUT2D eigenvalue weighted by Gasteiger charge is 2.19. The van der Waals surface area contributed by atoms with Crippen molar-refractivity contribution >= 4 is 17.9 Å². The maximum atomic E-state index is 12.8. The van der Waals surface area contributed by atoms with Gasteiger partial charge in [-0.1, -0.05) is 226 Å². The number of allylic oxidation sites excluding steroid dienone is 20. The van der Waals surface area contributed by atoms with E-state index in [2.05, 4.69) is 130 Å². The molecule has 0 aliphatic rings. The van der Waals surface area contributed by atoms with Crippen LogP contribution >= 0.6 is 0 Å². The van der Waals surface area contributed by atoms with Gasteiger partial charge in [-0.05, 0) is 96.3 Å². The number of carbonyl (C=O) groups excluding carboxylic acids is 3. The summed E-state index contributed by atoms with van der Waals surface area (Å²) in [6.45, 7) is 6.27. The summed E-state index contributed by atoms with van der Waals surface area (Å²) in [5.74, 6) is -1.03. The highest BCUT2D eigenvalue weighted by atomic mass is 16.6. The molecule has 6 heteroatoms. The first kappa shape index (κ1) is 61.8. The third-order valence-electron chi connectivity index (χ3n) is 10.8. The second kappa shape index (κ2) is 53.4. The van der Waals surface area contributed by atoms with Gasteiger partial charge in [-0.3, -0.25) is 14.4 Å². The van der Waals surface area contributed by atoms with E-state index in [1.807, 2.05) is 12.2 Å². The van der Waals surface area contributed by atoms with Gasteiger partial charge in [0, 0.05) is 19.3 Å². The van der Waals surface area contributed by atoms with Crippen molar-refractivity contribution in [1.82, 2.24) is 0 Å². The van der Waals surface area contributed by atoms with E-state index in [4.69, 9.17) is 14.2 Å². The van der Waals surface area contributed by atoms with Gasteiger partial charge in [0.15, 0.2) is 6.10 Å². The van der Waals surface area contributed by atoms with Gasteiger partial charge in [-0.2, -0.15) is 0 Å². The van der Waals surface area contributed by atoms with Gasteiger partial charge in [-0.25, -0.2) is 0 Å². The molecule has 0 radical (unpaired) electrons. The van der Waals surface area contributed by atoms with Crippen LogP contribution in [0.5, 0.6) is 0 Å².